The molecule has 0 saturated carbocycles. The minimum atomic E-state index is -0.406. The van der Waals surface area contributed by atoms with Crippen LogP contribution in [0.1, 0.15) is 79.8 Å². The third kappa shape index (κ3) is 12.2. The van der Waals surface area contributed by atoms with E-state index in [1.807, 2.05) is 48.5 Å². The molecule has 0 saturated heterocycles. The molecule has 218 valence electrons. The zero-order valence-electron chi connectivity index (χ0n) is 24.0. The van der Waals surface area contributed by atoms with Crippen LogP contribution in [0.4, 0.5) is 11.4 Å². The van der Waals surface area contributed by atoms with Crippen LogP contribution in [-0.2, 0) is 16.0 Å². The van der Waals surface area contributed by atoms with Crippen molar-refractivity contribution in [2.45, 2.75) is 64.7 Å². The van der Waals surface area contributed by atoms with Gasteiger partial charge in [-0.25, -0.2) is 9.59 Å². The van der Waals surface area contributed by atoms with Crippen molar-refractivity contribution in [2.24, 2.45) is 0 Å². The number of hydrogen-bond acceptors (Lipinski definition) is 7. The Kier molecular flexibility index (Phi) is 13.3. The van der Waals surface area contributed by atoms with Crippen LogP contribution in [0.2, 0.25) is 0 Å². The van der Waals surface area contributed by atoms with E-state index < -0.39 is 11.9 Å². The monoisotopic (exact) mass is 558 g/mol. The molecular weight excluding hydrogens is 516 g/mol. The molecule has 3 aromatic carbocycles. The van der Waals surface area contributed by atoms with Gasteiger partial charge in [-0.15, -0.1) is 0 Å². The van der Waals surface area contributed by atoms with Crippen LogP contribution in [-0.4, -0.2) is 25.2 Å². The predicted molar refractivity (Wildman–Crippen MR) is 165 cm³/mol. The van der Waals surface area contributed by atoms with Crippen molar-refractivity contribution >= 4 is 29.4 Å². The Bertz CT molecular complexity index is 1230. The fraction of sp³-hybridized carbons (Fsp3) is 0.353. The SMILES string of the molecule is CCCCc1ccc(OC(=O)C=Cc2ccc(OCCCCCCCCOC(=O)c3cc(N)cc(N)c3)cc2)cc1. The molecule has 0 amide bonds. The molecule has 7 heteroatoms. The molecule has 0 aliphatic rings. The standard InChI is InChI=1S/C34H42N2O5/c1-2-3-10-26-13-18-32(19-14-26)41-33(37)20-15-27-11-16-31(17-12-27)39-21-8-6-4-5-7-9-22-40-34(38)28-23-29(35)25-30(36)24-28/h11-20,23-25H,2-10,21-22,35-36H2,1H3. The average Bonchev–Trinajstić information content (AvgIpc) is 2.96. The molecule has 0 unspecified atom stereocenters. The fourth-order valence-electron chi connectivity index (χ4n) is 4.24. The highest BCUT2D eigenvalue weighted by atomic mass is 16.5. The van der Waals surface area contributed by atoms with Crippen molar-refractivity contribution in [1.29, 1.82) is 0 Å². The van der Waals surface area contributed by atoms with E-state index in [0.29, 0.717) is 35.9 Å². The van der Waals surface area contributed by atoms with Gasteiger partial charge in [-0.3, -0.25) is 0 Å². The van der Waals surface area contributed by atoms with Crippen LogP contribution in [0.5, 0.6) is 11.5 Å². The number of rotatable bonds is 17. The first-order valence-electron chi connectivity index (χ1n) is 14.5. The smallest absolute Gasteiger partial charge is 0.338 e. The van der Waals surface area contributed by atoms with Gasteiger partial charge >= 0.3 is 11.9 Å². The molecule has 0 atom stereocenters. The quantitative estimate of drug-likeness (QED) is 0.0584. The summed E-state index contributed by atoms with van der Waals surface area (Å²) in [4.78, 5) is 24.2. The molecule has 0 radical (unpaired) electrons. The third-order valence-electron chi connectivity index (χ3n) is 6.51. The lowest BCUT2D eigenvalue weighted by atomic mass is 10.1. The summed E-state index contributed by atoms with van der Waals surface area (Å²) in [6.07, 6.45) is 12.6. The van der Waals surface area contributed by atoms with E-state index in [9.17, 15) is 9.59 Å². The summed E-state index contributed by atoms with van der Waals surface area (Å²) in [5, 5.41) is 0. The summed E-state index contributed by atoms with van der Waals surface area (Å²) in [7, 11) is 0. The lowest BCUT2D eigenvalue weighted by molar-refractivity contribution is -0.128. The van der Waals surface area contributed by atoms with Crippen molar-refractivity contribution in [3.63, 3.8) is 0 Å². The Labute approximate surface area is 243 Å². The van der Waals surface area contributed by atoms with Gasteiger partial charge < -0.3 is 25.7 Å². The van der Waals surface area contributed by atoms with Crippen LogP contribution in [0.25, 0.3) is 6.08 Å². The van der Waals surface area contributed by atoms with E-state index in [-0.39, 0.29) is 0 Å². The van der Waals surface area contributed by atoms with E-state index in [2.05, 4.69) is 6.92 Å². The Balaban J connectivity index is 1.22. The summed E-state index contributed by atoms with van der Waals surface area (Å²) >= 11 is 0. The maximum Gasteiger partial charge on any atom is 0.338 e. The van der Waals surface area contributed by atoms with E-state index in [0.717, 1.165) is 69.1 Å². The zero-order valence-corrected chi connectivity index (χ0v) is 24.0. The van der Waals surface area contributed by atoms with E-state index >= 15 is 0 Å². The molecule has 3 aromatic rings. The van der Waals surface area contributed by atoms with Gasteiger partial charge in [0.2, 0.25) is 0 Å². The van der Waals surface area contributed by atoms with Gasteiger partial charge in [0.05, 0.1) is 18.8 Å². The van der Waals surface area contributed by atoms with Gasteiger partial charge in [-0.1, -0.05) is 63.3 Å². The molecular formula is C34H42N2O5. The number of carbonyl (C=O) groups excluding carboxylic acids is 2. The fourth-order valence-corrected chi connectivity index (χ4v) is 4.24. The highest BCUT2D eigenvalue weighted by Crippen LogP contribution is 2.17. The number of carbonyl (C=O) groups is 2. The summed E-state index contributed by atoms with van der Waals surface area (Å²) in [6.45, 7) is 3.21. The summed E-state index contributed by atoms with van der Waals surface area (Å²) < 4.78 is 16.5. The highest BCUT2D eigenvalue weighted by molar-refractivity contribution is 5.91. The van der Waals surface area contributed by atoms with E-state index in [4.69, 9.17) is 25.7 Å². The van der Waals surface area contributed by atoms with Crippen molar-refractivity contribution in [3.05, 3.63) is 89.5 Å². The maximum absolute atomic E-state index is 12.2. The molecule has 0 heterocycles. The number of anilines is 2. The third-order valence-corrected chi connectivity index (χ3v) is 6.51. The molecule has 4 N–H and O–H groups in total. The molecule has 0 spiro atoms. The molecule has 3 rings (SSSR count). The number of unbranched alkanes of at least 4 members (excludes halogenated alkanes) is 6. The second-order valence-corrected chi connectivity index (χ2v) is 10.1. The average molecular weight is 559 g/mol. The Morgan fingerprint density at radius 2 is 1.34 bits per heavy atom. The van der Waals surface area contributed by atoms with Gasteiger partial charge in [0.25, 0.3) is 0 Å². The molecule has 0 fully saturated rings. The number of benzene rings is 3. The summed E-state index contributed by atoms with van der Waals surface area (Å²) in [5.41, 5.74) is 14.9. The topological polar surface area (TPSA) is 114 Å². The zero-order chi connectivity index (χ0) is 29.3. The number of aryl methyl sites for hydroxylation is 1. The van der Waals surface area contributed by atoms with Crippen LogP contribution in [0.15, 0.2) is 72.8 Å². The molecule has 0 aliphatic heterocycles. The van der Waals surface area contributed by atoms with Crippen LogP contribution < -0.4 is 20.9 Å². The lowest BCUT2D eigenvalue weighted by Crippen LogP contribution is -2.07. The number of nitrogen functional groups attached to an aromatic ring is 2. The van der Waals surface area contributed by atoms with Crippen molar-refractivity contribution < 1.29 is 23.8 Å². The Morgan fingerprint density at radius 1 is 0.732 bits per heavy atom. The first-order valence-corrected chi connectivity index (χ1v) is 14.5. The van der Waals surface area contributed by atoms with E-state index in [1.165, 1.54) is 11.6 Å². The predicted octanol–water partition coefficient (Wildman–Crippen LogP) is 7.39. The molecule has 0 bridgehead atoms. The van der Waals surface area contributed by atoms with Crippen LogP contribution >= 0.6 is 0 Å². The van der Waals surface area contributed by atoms with E-state index in [1.54, 1.807) is 24.3 Å². The van der Waals surface area contributed by atoms with Crippen molar-refractivity contribution in [2.75, 3.05) is 24.7 Å². The normalized spacial score (nSPS) is 11.0. The second kappa shape index (κ2) is 17.4. The van der Waals surface area contributed by atoms with Gasteiger partial charge in [0.1, 0.15) is 11.5 Å². The molecule has 0 aromatic heterocycles. The van der Waals surface area contributed by atoms with Gasteiger partial charge in [0.15, 0.2) is 0 Å². The minimum absolute atomic E-state index is 0.383. The minimum Gasteiger partial charge on any atom is -0.494 e. The van der Waals surface area contributed by atoms with Gasteiger partial charge in [-0.2, -0.15) is 0 Å². The maximum atomic E-state index is 12.2. The second-order valence-electron chi connectivity index (χ2n) is 10.1. The number of nitrogens with two attached hydrogens (primary N) is 2. The van der Waals surface area contributed by atoms with Gasteiger partial charge in [-0.05, 0) is 85.4 Å². The molecule has 7 nitrogen and oxygen atoms in total. The number of ether oxygens (including phenoxy) is 3. The number of esters is 2. The van der Waals surface area contributed by atoms with Crippen LogP contribution in [0.3, 0.4) is 0 Å². The largest absolute Gasteiger partial charge is 0.494 e. The summed E-state index contributed by atoms with van der Waals surface area (Å²) in [5.74, 6) is 0.546. The summed E-state index contributed by atoms with van der Waals surface area (Å²) in [6, 6.07) is 20.1. The Hall–Kier alpha value is -4.26. The van der Waals surface area contributed by atoms with Crippen molar-refractivity contribution in [1.82, 2.24) is 0 Å². The molecule has 0 aliphatic carbocycles. The first kappa shape index (κ1) is 31.3. The number of hydrogen-bond donors (Lipinski definition) is 2. The highest BCUT2D eigenvalue weighted by Gasteiger charge is 2.08. The van der Waals surface area contributed by atoms with Gasteiger partial charge in [0, 0.05) is 17.5 Å². The van der Waals surface area contributed by atoms with Crippen molar-refractivity contribution in [3.8, 4) is 11.5 Å². The molecule has 41 heavy (non-hydrogen) atoms. The first-order chi connectivity index (χ1) is 19.9. The van der Waals surface area contributed by atoms with Crippen LogP contribution in [0, 0.1) is 0 Å². The lowest BCUT2D eigenvalue weighted by Gasteiger charge is -2.07. The Morgan fingerprint density at radius 3 is 2.00 bits per heavy atom.